The Morgan fingerprint density at radius 3 is 2.65 bits per heavy atom. The van der Waals surface area contributed by atoms with Gasteiger partial charge >= 0.3 is 0 Å². The van der Waals surface area contributed by atoms with Gasteiger partial charge in [0.25, 0.3) is 0 Å². The van der Waals surface area contributed by atoms with E-state index in [-0.39, 0.29) is 11.9 Å². The molecule has 0 unspecified atom stereocenters. The number of hydrogen-bond acceptors (Lipinski definition) is 3. The van der Waals surface area contributed by atoms with Crippen LogP contribution in [0.1, 0.15) is 31.7 Å². The summed E-state index contributed by atoms with van der Waals surface area (Å²) < 4.78 is 26.2. The Kier molecular flexibility index (Phi) is 6.84. The standard InChI is InChI=1S/C17H24F2N2OS/c1-12(23-2)9-17(22)20-14-5-7-21(8-6-14)11-13-3-4-15(18)16(19)10-13/h3-4,10,12,14H,5-9,11H2,1-2H3,(H,20,22)/t12-/m1/s1. The van der Waals surface area contributed by atoms with Crippen LogP contribution < -0.4 is 5.32 Å². The molecular weight excluding hydrogens is 318 g/mol. The first-order valence-electron chi connectivity index (χ1n) is 7.96. The summed E-state index contributed by atoms with van der Waals surface area (Å²) in [5.74, 6) is -1.49. The van der Waals surface area contributed by atoms with E-state index in [1.165, 1.54) is 12.1 Å². The predicted octanol–water partition coefficient (Wildman–Crippen LogP) is 3.19. The first-order chi connectivity index (χ1) is 11.0. The van der Waals surface area contributed by atoms with Gasteiger partial charge in [0.2, 0.25) is 5.91 Å². The molecule has 0 spiro atoms. The number of carbonyl (C=O) groups excluding carboxylic acids is 1. The third-order valence-electron chi connectivity index (χ3n) is 4.22. The first-order valence-corrected chi connectivity index (χ1v) is 9.25. The smallest absolute Gasteiger partial charge is 0.221 e. The Labute approximate surface area is 140 Å². The minimum absolute atomic E-state index is 0.117. The van der Waals surface area contributed by atoms with Gasteiger partial charge in [-0.3, -0.25) is 9.69 Å². The highest BCUT2D eigenvalue weighted by molar-refractivity contribution is 7.99. The number of benzene rings is 1. The molecule has 1 aromatic carbocycles. The van der Waals surface area contributed by atoms with Crippen LogP contribution in [0, 0.1) is 11.6 Å². The van der Waals surface area contributed by atoms with Gasteiger partial charge in [-0.05, 0) is 36.8 Å². The fraction of sp³-hybridized carbons (Fsp3) is 0.588. The zero-order chi connectivity index (χ0) is 16.8. The van der Waals surface area contributed by atoms with Crippen LogP contribution in [0.3, 0.4) is 0 Å². The van der Waals surface area contributed by atoms with Crippen LogP contribution in [0.25, 0.3) is 0 Å². The first kappa shape index (κ1) is 18.2. The van der Waals surface area contributed by atoms with Crippen molar-refractivity contribution in [1.29, 1.82) is 0 Å². The number of carbonyl (C=O) groups is 1. The monoisotopic (exact) mass is 342 g/mol. The third-order valence-corrected chi connectivity index (χ3v) is 5.19. The van der Waals surface area contributed by atoms with Gasteiger partial charge in [-0.1, -0.05) is 13.0 Å². The molecule has 0 aromatic heterocycles. The molecule has 0 bridgehead atoms. The van der Waals surface area contributed by atoms with Crippen molar-refractivity contribution in [3.8, 4) is 0 Å². The molecule has 6 heteroatoms. The Morgan fingerprint density at radius 1 is 1.35 bits per heavy atom. The van der Waals surface area contributed by atoms with Crippen molar-refractivity contribution in [2.24, 2.45) is 0 Å². The number of hydrogen-bond donors (Lipinski definition) is 1. The zero-order valence-electron chi connectivity index (χ0n) is 13.6. The second-order valence-corrected chi connectivity index (χ2v) is 7.39. The molecule has 128 valence electrons. The van der Waals surface area contributed by atoms with E-state index < -0.39 is 11.6 Å². The number of amides is 1. The number of piperidine rings is 1. The van der Waals surface area contributed by atoms with Crippen molar-refractivity contribution in [3.63, 3.8) is 0 Å². The average molecular weight is 342 g/mol. The fourth-order valence-corrected chi connectivity index (χ4v) is 3.08. The molecule has 1 aromatic rings. The molecule has 1 aliphatic heterocycles. The molecule has 23 heavy (non-hydrogen) atoms. The van der Waals surface area contributed by atoms with Crippen molar-refractivity contribution < 1.29 is 13.6 Å². The Balaban J connectivity index is 1.75. The summed E-state index contributed by atoms with van der Waals surface area (Å²) in [6.07, 6.45) is 4.34. The summed E-state index contributed by atoms with van der Waals surface area (Å²) in [6.45, 7) is 4.36. The molecule has 2 rings (SSSR count). The summed E-state index contributed by atoms with van der Waals surface area (Å²) in [7, 11) is 0. The lowest BCUT2D eigenvalue weighted by Crippen LogP contribution is -2.44. The van der Waals surface area contributed by atoms with Crippen LogP contribution in [0.5, 0.6) is 0 Å². The van der Waals surface area contributed by atoms with Crippen LogP contribution in [-0.2, 0) is 11.3 Å². The number of halogens is 2. The number of thioether (sulfide) groups is 1. The second-order valence-electron chi connectivity index (χ2n) is 6.12. The van der Waals surface area contributed by atoms with Crippen LogP contribution >= 0.6 is 11.8 Å². The number of nitrogens with zero attached hydrogens (tertiary/aromatic N) is 1. The summed E-state index contributed by atoms with van der Waals surface area (Å²) in [4.78, 5) is 14.1. The number of likely N-dealkylation sites (tertiary alicyclic amines) is 1. The summed E-state index contributed by atoms with van der Waals surface area (Å²) in [5.41, 5.74) is 0.778. The van der Waals surface area contributed by atoms with Crippen molar-refractivity contribution in [3.05, 3.63) is 35.4 Å². The topological polar surface area (TPSA) is 32.3 Å². The van der Waals surface area contributed by atoms with Crippen LogP contribution in [0.2, 0.25) is 0 Å². The molecule has 0 aliphatic carbocycles. The van der Waals surface area contributed by atoms with E-state index in [9.17, 15) is 13.6 Å². The van der Waals surface area contributed by atoms with Gasteiger partial charge in [-0.2, -0.15) is 11.8 Å². The largest absolute Gasteiger partial charge is 0.353 e. The molecule has 3 nitrogen and oxygen atoms in total. The maximum Gasteiger partial charge on any atom is 0.221 e. The van der Waals surface area contributed by atoms with E-state index in [2.05, 4.69) is 17.1 Å². The maximum atomic E-state index is 13.2. The van der Waals surface area contributed by atoms with E-state index in [1.54, 1.807) is 17.8 Å². The molecule has 0 saturated carbocycles. The molecule has 1 N–H and O–H groups in total. The van der Waals surface area contributed by atoms with Crippen molar-refractivity contribution in [2.45, 2.75) is 44.0 Å². The maximum absolute atomic E-state index is 13.2. The van der Waals surface area contributed by atoms with E-state index in [1.807, 2.05) is 6.26 Å². The van der Waals surface area contributed by atoms with Crippen molar-refractivity contribution >= 4 is 17.7 Å². The molecule has 1 saturated heterocycles. The average Bonchev–Trinajstić information content (AvgIpc) is 2.52. The SMILES string of the molecule is CS[C@H](C)CC(=O)NC1CCN(Cc2ccc(F)c(F)c2)CC1. The predicted molar refractivity (Wildman–Crippen MR) is 90.4 cm³/mol. The van der Waals surface area contributed by atoms with Crippen LogP contribution in [0.4, 0.5) is 8.78 Å². The molecule has 1 heterocycles. The Morgan fingerprint density at radius 2 is 2.04 bits per heavy atom. The second kappa shape index (κ2) is 8.64. The van der Waals surface area contributed by atoms with Gasteiger partial charge in [-0.15, -0.1) is 0 Å². The van der Waals surface area contributed by atoms with Crippen LogP contribution in [-0.4, -0.2) is 41.4 Å². The lowest BCUT2D eigenvalue weighted by Gasteiger charge is -2.32. The molecule has 0 radical (unpaired) electrons. The molecular formula is C17H24F2N2OS. The normalized spacial score (nSPS) is 17.9. The summed E-state index contributed by atoms with van der Waals surface area (Å²) >= 11 is 1.69. The quantitative estimate of drug-likeness (QED) is 0.862. The highest BCUT2D eigenvalue weighted by Gasteiger charge is 2.21. The minimum atomic E-state index is -0.811. The number of rotatable bonds is 6. The summed E-state index contributed by atoms with van der Waals surface area (Å²) in [5, 5.41) is 3.43. The van der Waals surface area contributed by atoms with E-state index in [0.29, 0.717) is 18.2 Å². The Bertz CT molecular complexity index is 533. The summed E-state index contributed by atoms with van der Waals surface area (Å²) in [6, 6.07) is 4.27. The molecule has 1 atom stereocenters. The van der Waals surface area contributed by atoms with Crippen molar-refractivity contribution in [1.82, 2.24) is 10.2 Å². The van der Waals surface area contributed by atoms with Gasteiger partial charge in [0.1, 0.15) is 0 Å². The lowest BCUT2D eigenvalue weighted by molar-refractivity contribution is -0.122. The number of nitrogens with one attached hydrogen (secondary N) is 1. The Hall–Kier alpha value is -1.14. The highest BCUT2D eigenvalue weighted by atomic mass is 32.2. The molecule has 1 amide bonds. The van der Waals surface area contributed by atoms with E-state index >= 15 is 0 Å². The lowest BCUT2D eigenvalue weighted by atomic mass is 10.0. The van der Waals surface area contributed by atoms with E-state index in [4.69, 9.17) is 0 Å². The highest BCUT2D eigenvalue weighted by Crippen LogP contribution is 2.16. The van der Waals surface area contributed by atoms with Crippen molar-refractivity contribution in [2.75, 3.05) is 19.3 Å². The van der Waals surface area contributed by atoms with E-state index in [0.717, 1.165) is 31.5 Å². The van der Waals surface area contributed by atoms with Gasteiger partial charge < -0.3 is 5.32 Å². The van der Waals surface area contributed by atoms with Gasteiger partial charge in [0.05, 0.1) is 0 Å². The minimum Gasteiger partial charge on any atom is -0.353 e. The third kappa shape index (κ3) is 5.77. The van der Waals surface area contributed by atoms with Gasteiger partial charge in [0, 0.05) is 37.3 Å². The molecule has 1 aliphatic rings. The fourth-order valence-electron chi connectivity index (χ4n) is 2.76. The van der Waals surface area contributed by atoms with Gasteiger partial charge in [-0.25, -0.2) is 8.78 Å². The molecule has 1 fully saturated rings. The zero-order valence-corrected chi connectivity index (χ0v) is 14.5. The van der Waals surface area contributed by atoms with Gasteiger partial charge in [0.15, 0.2) is 11.6 Å². The van der Waals surface area contributed by atoms with Crippen LogP contribution in [0.15, 0.2) is 18.2 Å².